The predicted molar refractivity (Wildman–Crippen MR) is 66.2 cm³/mol. The van der Waals surface area contributed by atoms with E-state index in [1.54, 1.807) is 0 Å². The summed E-state index contributed by atoms with van der Waals surface area (Å²) in [6.07, 6.45) is 4.79. The zero-order valence-corrected chi connectivity index (χ0v) is 10.6. The highest BCUT2D eigenvalue weighted by atomic mass is 16.6. The van der Waals surface area contributed by atoms with Gasteiger partial charge in [0.05, 0.1) is 26.4 Å². The van der Waals surface area contributed by atoms with E-state index in [4.69, 9.17) is 9.47 Å². The molecule has 3 heterocycles. The molecule has 0 radical (unpaired) electrons. The summed E-state index contributed by atoms with van der Waals surface area (Å²) in [6, 6.07) is 0. The molecule has 1 fully saturated rings. The highest BCUT2D eigenvalue weighted by molar-refractivity contribution is 6.13. The Morgan fingerprint density at radius 2 is 0.850 bits per heavy atom. The molecule has 8 nitrogen and oxygen atoms in total. The van der Waals surface area contributed by atoms with Gasteiger partial charge in [-0.25, -0.2) is 0 Å². The molecule has 0 bridgehead atoms. The van der Waals surface area contributed by atoms with Gasteiger partial charge in [-0.2, -0.15) is 0 Å². The Bertz CT molecular complexity index is 371. The van der Waals surface area contributed by atoms with Crippen LogP contribution < -0.4 is 10.6 Å². The highest BCUT2D eigenvalue weighted by Crippen LogP contribution is 1.85. The molecule has 0 saturated carbocycles. The third-order valence-corrected chi connectivity index (χ3v) is 2.01. The van der Waals surface area contributed by atoms with E-state index >= 15 is 0 Å². The minimum atomic E-state index is -0.329. The molecule has 0 unspecified atom stereocenters. The molecule has 0 aromatic carbocycles. The number of hydrogen-bond acceptors (Lipinski definition) is 6. The Morgan fingerprint density at radius 3 is 0.950 bits per heavy atom. The number of amides is 4. The second-order valence-corrected chi connectivity index (χ2v) is 3.60. The lowest BCUT2D eigenvalue weighted by atomic mass is 10.6. The molecule has 0 spiro atoms. The smallest absolute Gasteiger partial charge is 0.250 e. The van der Waals surface area contributed by atoms with Crippen LogP contribution in [0.25, 0.3) is 0 Å². The van der Waals surface area contributed by atoms with E-state index in [1.165, 1.54) is 24.3 Å². The van der Waals surface area contributed by atoms with Gasteiger partial charge in [-0.1, -0.05) is 0 Å². The molecule has 0 aliphatic carbocycles. The van der Waals surface area contributed by atoms with Crippen LogP contribution in [0.5, 0.6) is 0 Å². The molecule has 3 aliphatic heterocycles. The third kappa shape index (κ3) is 7.19. The third-order valence-electron chi connectivity index (χ3n) is 2.01. The van der Waals surface area contributed by atoms with Crippen LogP contribution in [0.3, 0.4) is 0 Å². The summed E-state index contributed by atoms with van der Waals surface area (Å²) in [4.78, 5) is 40.1. The summed E-state index contributed by atoms with van der Waals surface area (Å²) >= 11 is 0. The standard InChI is InChI=1S/2C4H3NO2.C4H8O2/c2*6-3-1-2-4(7)5-3;1-2-6-4-3-5-1/h2*1-2H,(H,5,6,7);1-4H2. The van der Waals surface area contributed by atoms with Crippen LogP contribution in [0.4, 0.5) is 0 Å². The minimum Gasteiger partial charge on any atom is -0.377 e. The quantitative estimate of drug-likeness (QED) is 0.519. The Balaban J connectivity index is 0.000000151. The SMILES string of the molecule is C1COCCO1.O=C1C=CC(=O)N1.O=C1C=CC(=O)N1. The zero-order valence-electron chi connectivity index (χ0n) is 10.6. The van der Waals surface area contributed by atoms with Crippen molar-refractivity contribution in [3.63, 3.8) is 0 Å². The molecular weight excluding hydrogens is 268 g/mol. The molecule has 0 aromatic heterocycles. The maximum Gasteiger partial charge on any atom is 0.250 e. The maximum atomic E-state index is 10.0. The second-order valence-electron chi connectivity index (χ2n) is 3.60. The van der Waals surface area contributed by atoms with Crippen LogP contribution in [0.15, 0.2) is 24.3 Å². The molecule has 20 heavy (non-hydrogen) atoms. The summed E-state index contributed by atoms with van der Waals surface area (Å²) in [6.45, 7) is 3.11. The van der Waals surface area contributed by atoms with E-state index in [2.05, 4.69) is 0 Å². The van der Waals surface area contributed by atoms with Gasteiger partial charge < -0.3 is 9.47 Å². The van der Waals surface area contributed by atoms with Crippen LogP contribution in [-0.2, 0) is 28.7 Å². The van der Waals surface area contributed by atoms with Crippen LogP contribution in [0, 0.1) is 0 Å². The normalized spacial score (nSPS) is 19.6. The molecule has 0 atom stereocenters. The summed E-state index contributed by atoms with van der Waals surface area (Å²) in [7, 11) is 0. The van der Waals surface area contributed by atoms with Crippen molar-refractivity contribution in [1.29, 1.82) is 0 Å². The molecule has 3 aliphatic rings. The fraction of sp³-hybridized carbons (Fsp3) is 0.333. The number of nitrogens with one attached hydrogen (secondary N) is 2. The number of hydrogen-bond donors (Lipinski definition) is 2. The molecule has 108 valence electrons. The van der Waals surface area contributed by atoms with E-state index in [-0.39, 0.29) is 23.6 Å². The van der Waals surface area contributed by atoms with Crippen molar-refractivity contribution in [3.05, 3.63) is 24.3 Å². The lowest BCUT2D eigenvalue weighted by Gasteiger charge is -2.09. The van der Waals surface area contributed by atoms with Crippen molar-refractivity contribution in [3.8, 4) is 0 Å². The van der Waals surface area contributed by atoms with E-state index < -0.39 is 0 Å². The summed E-state index contributed by atoms with van der Waals surface area (Å²) in [5, 5.41) is 4.06. The lowest BCUT2D eigenvalue weighted by Crippen LogP contribution is -2.19. The maximum absolute atomic E-state index is 10.0. The average molecular weight is 282 g/mol. The van der Waals surface area contributed by atoms with Crippen molar-refractivity contribution in [1.82, 2.24) is 10.6 Å². The summed E-state index contributed by atoms with van der Waals surface area (Å²) in [5.74, 6) is -1.31. The topological polar surface area (TPSA) is 111 Å². The first kappa shape index (κ1) is 15.7. The molecule has 3 rings (SSSR count). The van der Waals surface area contributed by atoms with Crippen LogP contribution >= 0.6 is 0 Å². The number of carbonyl (C=O) groups is 4. The van der Waals surface area contributed by atoms with Crippen molar-refractivity contribution in [2.45, 2.75) is 0 Å². The fourth-order valence-electron chi connectivity index (χ4n) is 1.15. The molecule has 4 amide bonds. The zero-order chi connectivity index (χ0) is 14.8. The second kappa shape index (κ2) is 8.73. The van der Waals surface area contributed by atoms with Gasteiger partial charge in [0.15, 0.2) is 0 Å². The Labute approximate surface area is 114 Å². The van der Waals surface area contributed by atoms with Crippen LogP contribution in [0.1, 0.15) is 0 Å². The van der Waals surface area contributed by atoms with Gasteiger partial charge in [-0.15, -0.1) is 0 Å². The number of carbonyl (C=O) groups excluding carboxylic acids is 4. The predicted octanol–water partition coefficient (Wildman–Crippen LogP) is -1.57. The first-order chi connectivity index (χ1) is 9.58. The van der Waals surface area contributed by atoms with Crippen molar-refractivity contribution in [2.75, 3.05) is 26.4 Å². The van der Waals surface area contributed by atoms with Crippen molar-refractivity contribution < 1.29 is 28.7 Å². The lowest BCUT2D eigenvalue weighted by molar-refractivity contribution is -0.125. The molecule has 1 saturated heterocycles. The van der Waals surface area contributed by atoms with Crippen molar-refractivity contribution >= 4 is 23.6 Å². The first-order valence-electron chi connectivity index (χ1n) is 5.79. The molecule has 0 aromatic rings. The van der Waals surface area contributed by atoms with Crippen molar-refractivity contribution in [2.24, 2.45) is 0 Å². The molecule has 8 heteroatoms. The van der Waals surface area contributed by atoms with Gasteiger partial charge in [0.25, 0.3) is 23.6 Å². The fourth-order valence-corrected chi connectivity index (χ4v) is 1.15. The monoisotopic (exact) mass is 282 g/mol. The molecule has 2 N–H and O–H groups in total. The van der Waals surface area contributed by atoms with Crippen LogP contribution in [-0.4, -0.2) is 50.1 Å². The van der Waals surface area contributed by atoms with Gasteiger partial charge in [0, 0.05) is 24.3 Å². The van der Waals surface area contributed by atoms with Gasteiger partial charge in [-0.05, 0) is 0 Å². The Kier molecular flexibility index (Phi) is 6.87. The first-order valence-corrected chi connectivity index (χ1v) is 5.79. The van der Waals surface area contributed by atoms with Gasteiger partial charge in [-0.3, -0.25) is 29.8 Å². The van der Waals surface area contributed by atoms with Gasteiger partial charge in [0.1, 0.15) is 0 Å². The van der Waals surface area contributed by atoms with E-state index in [0.717, 1.165) is 26.4 Å². The van der Waals surface area contributed by atoms with Gasteiger partial charge >= 0.3 is 0 Å². The minimum absolute atomic E-state index is 0.329. The number of imide groups is 2. The average Bonchev–Trinajstić information content (AvgIpc) is 3.01. The van der Waals surface area contributed by atoms with E-state index in [9.17, 15) is 19.2 Å². The summed E-state index contributed by atoms with van der Waals surface area (Å²) < 4.78 is 9.89. The Morgan fingerprint density at radius 1 is 0.600 bits per heavy atom. The van der Waals surface area contributed by atoms with Gasteiger partial charge in [0.2, 0.25) is 0 Å². The van der Waals surface area contributed by atoms with Crippen LogP contribution in [0.2, 0.25) is 0 Å². The Hall–Kier alpha value is -2.32. The highest BCUT2D eigenvalue weighted by Gasteiger charge is 2.07. The largest absolute Gasteiger partial charge is 0.377 e. The number of ether oxygens (including phenoxy) is 2. The number of rotatable bonds is 0. The van der Waals surface area contributed by atoms with E-state index in [1.807, 2.05) is 10.6 Å². The molecular formula is C12H14N2O6. The summed E-state index contributed by atoms with van der Waals surface area (Å²) in [5.41, 5.74) is 0. The van der Waals surface area contributed by atoms with E-state index in [0.29, 0.717) is 0 Å².